The maximum absolute atomic E-state index is 10.4. The molecule has 0 aromatic heterocycles. The molecule has 0 radical (unpaired) electrons. The van der Waals surface area contributed by atoms with E-state index in [1.54, 1.807) is 0 Å². The Balaban J connectivity index is 0.000000309. The predicted octanol–water partition coefficient (Wildman–Crippen LogP) is 2.88. The van der Waals surface area contributed by atoms with E-state index in [0.29, 0.717) is 17.5 Å². The summed E-state index contributed by atoms with van der Waals surface area (Å²) in [7, 11) is 0. The van der Waals surface area contributed by atoms with E-state index >= 15 is 0 Å². The first-order chi connectivity index (χ1) is 19.3. The molecule has 14 heteroatoms. The van der Waals surface area contributed by atoms with Gasteiger partial charge in [-0.25, -0.2) is 4.79 Å². The van der Waals surface area contributed by atoms with E-state index in [1.807, 2.05) is 30.3 Å². The van der Waals surface area contributed by atoms with E-state index in [0.717, 1.165) is 11.6 Å². The topological polar surface area (TPSA) is 250 Å². The smallest absolute Gasteiger partial charge is 0.328 e. The number of carbonyl (C=O) groups is 3. The zero-order valence-electron chi connectivity index (χ0n) is 21.5. The normalized spacial score (nSPS) is 11.6. The molecule has 14 nitrogen and oxygen atoms in total. The number of nitro benzene ring substituents is 2. The van der Waals surface area contributed by atoms with Gasteiger partial charge in [-0.15, -0.1) is 0 Å². The highest BCUT2D eigenvalue weighted by molar-refractivity contribution is 5.85. The van der Waals surface area contributed by atoms with Crippen LogP contribution in [-0.4, -0.2) is 55.2 Å². The number of hydrogen-bond acceptors (Lipinski definition) is 9. The summed E-state index contributed by atoms with van der Waals surface area (Å²) in [5.41, 5.74) is 12.8. The molecule has 2 unspecified atom stereocenters. The molecule has 0 saturated carbocycles. The van der Waals surface area contributed by atoms with Crippen LogP contribution >= 0.6 is 0 Å². The Bertz CT molecular complexity index is 1340. The van der Waals surface area contributed by atoms with Gasteiger partial charge < -0.3 is 26.8 Å². The fraction of sp³-hybridized carbons (Fsp3) is 0.148. The Morgan fingerprint density at radius 3 is 1.44 bits per heavy atom. The summed E-state index contributed by atoms with van der Waals surface area (Å²) in [5, 5.41) is 46.0. The average molecular weight is 569 g/mol. The van der Waals surface area contributed by atoms with Crippen LogP contribution in [0.2, 0.25) is 0 Å². The molecular weight excluding hydrogens is 540 g/mol. The van der Waals surface area contributed by atoms with Crippen molar-refractivity contribution in [3.05, 3.63) is 122 Å². The fourth-order valence-electron chi connectivity index (χ4n) is 2.92. The molecule has 0 aliphatic rings. The first-order valence-electron chi connectivity index (χ1n) is 11.7. The second-order valence-electron chi connectivity index (χ2n) is 8.23. The van der Waals surface area contributed by atoms with Crippen molar-refractivity contribution in [3.63, 3.8) is 0 Å². The zero-order chi connectivity index (χ0) is 30.9. The van der Waals surface area contributed by atoms with Crippen molar-refractivity contribution in [2.45, 2.75) is 24.9 Å². The molecule has 3 aromatic rings. The van der Waals surface area contributed by atoms with Crippen molar-refractivity contribution < 1.29 is 39.5 Å². The minimum atomic E-state index is -1.09. The van der Waals surface area contributed by atoms with Crippen LogP contribution < -0.4 is 11.5 Å². The van der Waals surface area contributed by atoms with Gasteiger partial charge in [0.05, 0.1) is 9.85 Å². The van der Waals surface area contributed by atoms with Gasteiger partial charge in [0.1, 0.15) is 12.1 Å². The van der Waals surface area contributed by atoms with Crippen molar-refractivity contribution in [2.75, 3.05) is 0 Å². The molecule has 0 heterocycles. The monoisotopic (exact) mass is 568 g/mol. The summed E-state index contributed by atoms with van der Waals surface area (Å²) in [5.74, 6) is -3.10. The molecule has 0 bridgehead atoms. The molecule has 3 rings (SSSR count). The molecule has 41 heavy (non-hydrogen) atoms. The summed E-state index contributed by atoms with van der Waals surface area (Å²) in [6.07, 6.45) is 2.89. The Morgan fingerprint density at radius 2 is 1.07 bits per heavy atom. The number of carboxylic acid groups (broad SMARTS) is 3. The molecule has 7 N–H and O–H groups in total. The second kappa shape index (κ2) is 17.2. The third-order valence-electron chi connectivity index (χ3n) is 5.06. The van der Waals surface area contributed by atoms with Gasteiger partial charge in [-0.05, 0) is 47.7 Å². The Kier molecular flexibility index (Phi) is 14.1. The molecule has 0 spiro atoms. The molecule has 216 valence electrons. The van der Waals surface area contributed by atoms with E-state index in [4.69, 9.17) is 26.8 Å². The lowest BCUT2D eigenvalue weighted by molar-refractivity contribution is -0.385. The zero-order valence-corrected chi connectivity index (χ0v) is 21.5. The summed E-state index contributed by atoms with van der Waals surface area (Å²) in [6.45, 7) is 0. The highest BCUT2D eigenvalue weighted by Gasteiger charge is 2.13. The first kappa shape index (κ1) is 33.6. The molecule has 0 aliphatic carbocycles. The van der Waals surface area contributed by atoms with Crippen LogP contribution in [0.5, 0.6) is 0 Å². The molecule has 0 aliphatic heterocycles. The summed E-state index contributed by atoms with van der Waals surface area (Å²) < 4.78 is 0. The fourth-order valence-corrected chi connectivity index (χ4v) is 2.92. The van der Waals surface area contributed by atoms with Gasteiger partial charge >= 0.3 is 17.9 Å². The number of nitro groups is 2. The lowest BCUT2D eigenvalue weighted by atomic mass is 10.1. The third-order valence-corrected chi connectivity index (χ3v) is 5.06. The minimum Gasteiger partial charge on any atom is -0.480 e. The first-order valence-corrected chi connectivity index (χ1v) is 11.7. The molecule has 2 atom stereocenters. The van der Waals surface area contributed by atoms with Crippen molar-refractivity contribution in [2.24, 2.45) is 11.5 Å². The van der Waals surface area contributed by atoms with Crippen molar-refractivity contribution in [3.8, 4) is 0 Å². The molecular formula is C27H28N4O10. The van der Waals surface area contributed by atoms with Gasteiger partial charge in [-0.1, -0.05) is 42.5 Å². The standard InChI is InChI=1S/C9H10N2O4.C9H7NO4.C9H11NO2/c10-8(9(12)13)5-6-1-3-7(4-2-6)11(14)15;11-9(12)6-3-7-1-4-8(5-2-7)10(13)14;10-8(9(11)12)6-7-4-2-1-3-5-7/h1-4,8H,5,10H2,(H,12,13);1-6H,(H,11,12);1-5,8H,6,10H2,(H,11,12). The van der Waals surface area contributed by atoms with Crippen LogP contribution in [0.4, 0.5) is 11.4 Å². The van der Waals surface area contributed by atoms with E-state index < -0.39 is 39.8 Å². The quantitative estimate of drug-likeness (QED) is 0.134. The number of nitrogens with two attached hydrogens (primary N) is 2. The van der Waals surface area contributed by atoms with Gasteiger partial charge in [0.25, 0.3) is 11.4 Å². The summed E-state index contributed by atoms with van der Waals surface area (Å²) in [6, 6.07) is 18.8. The van der Waals surface area contributed by atoms with Crippen LogP contribution in [0.15, 0.2) is 84.9 Å². The van der Waals surface area contributed by atoms with Gasteiger partial charge in [0.2, 0.25) is 0 Å². The number of carboxylic acids is 3. The number of hydrogen-bond donors (Lipinski definition) is 5. The summed E-state index contributed by atoms with van der Waals surface area (Å²) >= 11 is 0. The van der Waals surface area contributed by atoms with Crippen LogP contribution in [0.3, 0.4) is 0 Å². The highest BCUT2D eigenvalue weighted by atomic mass is 16.6. The molecule has 0 saturated heterocycles. The largest absolute Gasteiger partial charge is 0.480 e. The third kappa shape index (κ3) is 13.8. The second-order valence-corrected chi connectivity index (χ2v) is 8.23. The average Bonchev–Trinajstić information content (AvgIpc) is 2.93. The van der Waals surface area contributed by atoms with E-state index in [2.05, 4.69) is 0 Å². The summed E-state index contributed by atoms with van der Waals surface area (Å²) in [4.78, 5) is 50.6. The Labute approximate surface area is 233 Å². The van der Waals surface area contributed by atoms with Crippen LogP contribution in [0, 0.1) is 20.2 Å². The SMILES string of the molecule is NC(Cc1ccc([N+](=O)[O-])cc1)C(=O)O.NC(Cc1ccccc1)C(=O)O.O=C(O)C=Cc1ccc([N+](=O)[O-])cc1. The molecule has 0 amide bonds. The van der Waals surface area contributed by atoms with E-state index in [-0.39, 0.29) is 17.8 Å². The van der Waals surface area contributed by atoms with Gasteiger partial charge in [0, 0.05) is 30.3 Å². The van der Waals surface area contributed by atoms with E-state index in [9.17, 15) is 34.6 Å². The molecule has 3 aromatic carbocycles. The van der Waals surface area contributed by atoms with Crippen molar-refractivity contribution in [1.82, 2.24) is 0 Å². The Morgan fingerprint density at radius 1 is 0.683 bits per heavy atom. The van der Waals surface area contributed by atoms with Gasteiger partial charge in [-0.3, -0.25) is 29.8 Å². The number of rotatable bonds is 10. The number of non-ortho nitro benzene ring substituents is 2. The van der Waals surface area contributed by atoms with Crippen molar-refractivity contribution >= 4 is 35.4 Å². The van der Waals surface area contributed by atoms with Crippen molar-refractivity contribution in [1.29, 1.82) is 0 Å². The van der Waals surface area contributed by atoms with Gasteiger partial charge in [-0.2, -0.15) is 0 Å². The lowest BCUT2D eigenvalue weighted by Gasteiger charge is -2.05. The maximum Gasteiger partial charge on any atom is 0.328 e. The number of benzene rings is 3. The minimum absolute atomic E-state index is 0.0162. The predicted molar refractivity (Wildman–Crippen MR) is 148 cm³/mol. The van der Waals surface area contributed by atoms with E-state index in [1.165, 1.54) is 54.6 Å². The van der Waals surface area contributed by atoms with Crippen LogP contribution in [0.25, 0.3) is 6.08 Å². The lowest BCUT2D eigenvalue weighted by Crippen LogP contribution is -2.32. The van der Waals surface area contributed by atoms with Crippen LogP contribution in [-0.2, 0) is 27.2 Å². The van der Waals surface area contributed by atoms with Crippen LogP contribution in [0.1, 0.15) is 16.7 Å². The molecule has 0 fully saturated rings. The number of nitrogens with zero attached hydrogens (tertiary/aromatic N) is 2. The van der Waals surface area contributed by atoms with Gasteiger partial charge in [0.15, 0.2) is 0 Å². The highest BCUT2D eigenvalue weighted by Crippen LogP contribution is 2.13. The Hall–Kier alpha value is -5.47. The maximum atomic E-state index is 10.4. The number of aliphatic carboxylic acids is 3.